The average molecular weight is 356 g/mol. The molecule has 3 rings (SSSR count). The summed E-state index contributed by atoms with van der Waals surface area (Å²) in [6.45, 7) is 3.41. The number of ether oxygens (including phenoxy) is 2. The number of fused-ring (bicyclic) bond motifs is 2. The van der Waals surface area contributed by atoms with Gasteiger partial charge in [0.1, 0.15) is 5.75 Å². The van der Waals surface area contributed by atoms with Crippen LogP contribution in [0.1, 0.15) is 18.9 Å². The lowest BCUT2D eigenvalue weighted by Crippen LogP contribution is -2.23. The Balaban J connectivity index is 1.91. The smallest absolute Gasteiger partial charge is 0.420 e. The van der Waals surface area contributed by atoms with Gasteiger partial charge in [0.2, 0.25) is 0 Å². The summed E-state index contributed by atoms with van der Waals surface area (Å²) in [6, 6.07) is 5.98. The van der Waals surface area contributed by atoms with E-state index in [0.29, 0.717) is 19.8 Å². The molecule has 20 heavy (non-hydrogen) atoms. The number of amides is 1. The highest BCUT2D eigenvalue weighted by molar-refractivity contribution is 9.10. The number of halogens is 1. The standard InChI is InChI=1S/C14H14BrNO3S/c1-2-18-14(17)16-8-11-10-7-9(15)3-4-12(10)19-6-5-13(11)20-16/h3-4,7H,2,5-6,8H2,1H3. The van der Waals surface area contributed by atoms with Crippen LogP contribution in [0.5, 0.6) is 5.75 Å². The number of hydrogen-bond acceptors (Lipinski definition) is 4. The number of carbonyl (C=O) groups excluding carboxylic acids is 1. The minimum atomic E-state index is -0.275. The van der Waals surface area contributed by atoms with Gasteiger partial charge in [0.05, 0.1) is 19.8 Å². The highest BCUT2D eigenvalue weighted by atomic mass is 79.9. The van der Waals surface area contributed by atoms with Crippen LogP contribution in [-0.4, -0.2) is 30.2 Å². The normalized spacial score (nSPS) is 17.2. The van der Waals surface area contributed by atoms with Crippen LogP contribution in [0.15, 0.2) is 27.6 Å². The summed E-state index contributed by atoms with van der Waals surface area (Å²) >= 11 is 4.96. The van der Waals surface area contributed by atoms with Crippen molar-refractivity contribution in [1.29, 1.82) is 0 Å². The van der Waals surface area contributed by atoms with Gasteiger partial charge in [-0.3, -0.25) is 0 Å². The quantitative estimate of drug-likeness (QED) is 0.712. The molecule has 0 spiro atoms. The van der Waals surface area contributed by atoms with Crippen LogP contribution >= 0.6 is 27.9 Å². The van der Waals surface area contributed by atoms with Crippen LogP contribution in [0, 0.1) is 0 Å². The summed E-state index contributed by atoms with van der Waals surface area (Å²) in [5.41, 5.74) is 2.23. The summed E-state index contributed by atoms with van der Waals surface area (Å²) in [4.78, 5) is 13.1. The first kappa shape index (κ1) is 13.8. The first-order chi connectivity index (χ1) is 9.69. The van der Waals surface area contributed by atoms with E-state index in [1.54, 1.807) is 4.31 Å². The fourth-order valence-corrected chi connectivity index (χ4v) is 3.71. The van der Waals surface area contributed by atoms with Gasteiger partial charge in [-0.1, -0.05) is 15.9 Å². The summed E-state index contributed by atoms with van der Waals surface area (Å²) in [6.07, 6.45) is 0.547. The van der Waals surface area contributed by atoms with E-state index < -0.39 is 0 Å². The van der Waals surface area contributed by atoms with E-state index in [9.17, 15) is 4.79 Å². The van der Waals surface area contributed by atoms with Crippen molar-refractivity contribution in [3.05, 3.63) is 33.1 Å². The number of nitrogens with zero attached hydrogens (tertiary/aromatic N) is 1. The van der Waals surface area contributed by atoms with Gasteiger partial charge < -0.3 is 9.47 Å². The van der Waals surface area contributed by atoms with Crippen LogP contribution in [0.4, 0.5) is 4.79 Å². The molecule has 0 radical (unpaired) electrons. The van der Waals surface area contributed by atoms with Crippen molar-refractivity contribution in [3.8, 4) is 5.75 Å². The largest absolute Gasteiger partial charge is 0.493 e. The average Bonchev–Trinajstić information content (AvgIpc) is 2.78. The molecular weight excluding hydrogens is 342 g/mol. The van der Waals surface area contributed by atoms with Crippen LogP contribution < -0.4 is 4.74 Å². The molecule has 6 heteroatoms. The molecule has 1 aromatic rings. The summed E-state index contributed by atoms with van der Waals surface area (Å²) in [7, 11) is 0. The van der Waals surface area contributed by atoms with Gasteiger partial charge in [-0.15, -0.1) is 0 Å². The molecule has 1 aromatic carbocycles. The number of benzene rings is 1. The van der Waals surface area contributed by atoms with Crippen LogP contribution in [-0.2, 0) is 4.74 Å². The van der Waals surface area contributed by atoms with E-state index in [1.807, 2.05) is 25.1 Å². The Hall–Kier alpha value is -1.14. The van der Waals surface area contributed by atoms with Gasteiger partial charge in [0.15, 0.2) is 0 Å². The third kappa shape index (κ3) is 2.54. The molecule has 0 unspecified atom stereocenters. The number of rotatable bonds is 1. The van der Waals surface area contributed by atoms with Crippen molar-refractivity contribution in [2.24, 2.45) is 0 Å². The molecule has 0 bridgehead atoms. The van der Waals surface area contributed by atoms with Crippen LogP contribution in [0.25, 0.3) is 5.57 Å². The summed E-state index contributed by atoms with van der Waals surface area (Å²) < 4.78 is 13.5. The zero-order valence-corrected chi connectivity index (χ0v) is 13.4. The third-order valence-corrected chi connectivity index (χ3v) is 4.85. The first-order valence-corrected chi connectivity index (χ1v) is 8.02. The molecule has 0 saturated heterocycles. The maximum atomic E-state index is 11.9. The summed E-state index contributed by atoms with van der Waals surface area (Å²) in [5.74, 6) is 0.879. The van der Waals surface area contributed by atoms with E-state index >= 15 is 0 Å². The first-order valence-electron chi connectivity index (χ1n) is 6.46. The Labute approximate surface area is 130 Å². The Kier molecular flexibility index (Phi) is 3.94. The molecule has 2 heterocycles. The Morgan fingerprint density at radius 1 is 1.55 bits per heavy atom. The highest BCUT2D eigenvalue weighted by Crippen LogP contribution is 2.45. The zero-order chi connectivity index (χ0) is 14.1. The van der Waals surface area contributed by atoms with Crippen LogP contribution in [0.2, 0.25) is 0 Å². The molecule has 2 aliphatic heterocycles. The Bertz CT molecular complexity index is 588. The monoisotopic (exact) mass is 355 g/mol. The van der Waals surface area contributed by atoms with Gasteiger partial charge in [-0.2, -0.15) is 0 Å². The lowest BCUT2D eigenvalue weighted by molar-refractivity contribution is 0.137. The van der Waals surface area contributed by atoms with E-state index in [2.05, 4.69) is 15.9 Å². The highest BCUT2D eigenvalue weighted by Gasteiger charge is 2.31. The second kappa shape index (κ2) is 5.69. The van der Waals surface area contributed by atoms with Crippen molar-refractivity contribution < 1.29 is 14.3 Å². The van der Waals surface area contributed by atoms with E-state index in [0.717, 1.165) is 27.8 Å². The lowest BCUT2D eigenvalue weighted by atomic mass is 10.0. The predicted molar refractivity (Wildman–Crippen MR) is 82.5 cm³/mol. The van der Waals surface area contributed by atoms with Crippen molar-refractivity contribution >= 4 is 39.5 Å². The predicted octanol–water partition coefficient (Wildman–Crippen LogP) is 4.06. The minimum absolute atomic E-state index is 0.275. The molecule has 0 fully saturated rings. The minimum Gasteiger partial charge on any atom is -0.493 e. The maximum absolute atomic E-state index is 11.9. The Morgan fingerprint density at radius 2 is 2.40 bits per heavy atom. The van der Waals surface area contributed by atoms with Crippen molar-refractivity contribution in [2.45, 2.75) is 13.3 Å². The fraction of sp³-hybridized carbons (Fsp3) is 0.357. The van der Waals surface area contributed by atoms with Gasteiger partial charge in [-0.05, 0) is 42.6 Å². The van der Waals surface area contributed by atoms with Crippen LogP contribution in [0.3, 0.4) is 0 Å². The van der Waals surface area contributed by atoms with Crippen molar-refractivity contribution in [2.75, 3.05) is 19.8 Å². The number of carbonyl (C=O) groups is 1. The van der Waals surface area contributed by atoms with Crippen molar-refractivity contribution in [3.63, 3.8) is 0 Å². The zero-order valence-electron chi connectivity index (χ0n) is 11.0. The molecule has 0 saturated carbocycles. The molecule has 0 N–H and O–H groups in total. The van der Waals surface area contributed by atoms with Crippen molar-refractivity contribution in [1.82, 2.24) is 4.31 Å². The SMILES string of the molecule is CCOC(=O)N1CC2=C(CCOc3ccc(Br)cc32)S1. The topological polar surface area (TPSA) is 38.8 Å². The van der Waals surface area contributed by atoms with E-state index in [-0.39, 0.29) is 6.09 Å². The second-order valence-corrected chi connectivity index (χ2v) is 6.50. The summed E-state index contributed by atoms with van der Waals surface area (Å²) in [5, 5.41) is 0. The van der Waals surface area contributed by atoms with Gasteiger partial charge >= 0.3 is 6.09 Å². The lowest BCUT2D eigenvalue weighted by Gasteiger charge is -2.16. The van der Waals surface area contributed by atoms with E-state index in [1.165, 1.54) is 16.9 Å². The molecule has 0 aromatic heterocycles. The molecule has 2 aliphatic rings. The maximum Gasteiger partial charge on any atom is 0.420 e. The van der Waals surface area contributed by atoms with Gasteiger partial charge in [0, 0.05) is 21.4 Å². The fourth-order valence-electron chi connectivity index (χ4n) is 2.30. The molecular formula is C14H14BrNO3S. The Morgan fingerprint density at radius 3 is 3.20 bits per heavy atom. The molecule has 4 nitrogen and oxygen atoms in total. The second-order valence-electron chi connectivity index (χ2n) is 4.47. The molecule has 0 aliphatic carbocycles. The van der Waals surface area contributed by atoms with E-state index in [4.69, 9.17) is 9.47 Å². The molecule has 0 atom stereocenters. The molecule has 1 amide bonds. The third-order valence-electron chi connectivity index (χ3n) is 3.18. The number of hydrogen-bond donors (Lipinski definition) is 0. The molecule has 106 valence electrons. The van der Waals surface area contributed by atoms with Gasteiger partial charge in [-0.25, -0.2) is 9.10 Å². The van der Waals surface area contributed by atoms with Gasteiger partial charge in [0.25, 0.3) is 0 Å².